The number of aromatic nitrogens is 1. The molecule has 0 saturated heterocycles. The van der Waals surface area contributed by atoms with Crippen molar-refractivity contribution in [3.05, 3.63) is 77.0 Å². The highest BCUT2D eigenvalue weighted by Gasteiger charge is 2.09. The van der Waals surface area contributed by atoms with E-state index in [0.29, 0.717) is 17.1 Å². The van der Waals surface area contributed by atoms with Gasteiger partial charge in [-0.15, -0.1) is 0 Å². The fraction of sp³-hybridized carbons (Fsp3) is 0.0526. The number of nitrogens with zero attached hydrogens (tertiary/aromatic N) is 1. The summed E-state index contributed by atoms with van der Waals surface area (Å²) < 4.78 is 6.10. The summed E-state index contributed by atoms with van der Waals surface area (Å²) in [6.45, 7) is 0. The molecule has 1 aromatic heterocycles. The Morgan fingerprint density at radius 3 is 2.68 bits per heavy atom. The quantitative estimate of drug-likeness (QED) is 0.645. The number of carbonyl (C=O) groups excluding carboxylic acids is 1. The number of anilines is 3. The van der Waals surface area contributed by atoms with E-state index in [1.54, 1.807) is 31.5 Å². The predicted molar refractivity (Wildman–Crippen MR) is 103 cm³/mol. The second-order valence-corrected chi connectivity index (χ2v) is 6.08. The van der Waals surface area contributed by atoms with E-state index in [-0.39, 0.29) is 5.91 Å². The van der Waals surface area contributed by atoms with Crippen molar-refractivity contribution in [1.82, 2.24) is 4.98 Å². The minimum Gasteiger partial charge on any atom is -0.497 e. The van der Waals surface area contributed by atoms with Crippen LogP contribution < -0.4 is 15.4 Å². The van der Waals surface area contributed by atoms with E-state index < -0.39 is 0 Å². The van der Waals surface area contributed by atoms with Crippen LogP contribution in [0.2, 0.25) is 0 Å². The molecule has 25 heavy (non-hydrogen) atoms. The highest BCUT2D eigenvalue weighted by molar-refractivity contribution is 9.10. The fourth-order valence-electron chi connectivity index (χ4n) is 2.25. The van der Waals surface area contributed by atoms with E-state index in [2.05, 4.69) is 31.5 Å². The van der Waals surface area contributed by atoms with Gasteiger partial charge in [-0.3, -0.25) is 9.78 Å². The van der Waals surface area contributed by atoms with Gasteiger partial charge in [0.2, 0.25) is 0 Å². The minimum atomic E-state index is -0.288. The highest BCUT2D eigenvalue weighted by atomic mass is 79.9. The van der Waals surface area contributed by atoms with Gasteiger partial charge in [-0.1, -0.05) is 18.2 Å². The Hall–Kier alpha value is -2.86. The summed E-state index contributed by atoms with van der Waals surface area (Å²) in [6, 6.07) is 18.4. The average molecular weight is 398 g/mol. The lowest BCUT2D eigenvalue weighted by molar-refractivity contribution is 0.102. The molecule has 126 valence electrons. The van der Waals surface area contributed by atoms with Gasteiger partial charge in [0.05, 0.1) is 12.8 Å². The molecule has 3 rings (SSSR count). The van der Waals surface area contributed by atoms with Gasteiger partial charge in [-0.05, 0) is 52.3 Å². The van der Waals surface area contributed by atoms with Crippen molar-refractivity contribution < 1.29 is 9.53 Å². The second-order valence-electron chi connectivity index (χ2n) is 5.22. The normalized spacial score (nSPS) is 10.2. The Kier molecular flexibility index (Phi) is 5.30. The Morgan fingerprint density at radius 2 is 1.88 bits per heavy atom. The summed E-state index contributed by atoms with van der Waals surface area (Å²) in [6.07, 6.45) is 1.60. The van der Waals surface area contributed by atoms with E-state index in [0.717, 1.165) is 15.8 Å². The summed E-state index contributed by atoms with van der Waals surface area (Å²) in [7, 11) is 1.58. The summed E-state index contributed by atoms with van der Waals surface area (Å²) in [5.41, 5.74) is 2.65. The molecule has 0 fully saturated rings. The van der Waals surface area contributed by atoms with Crippen LogP contribution in [0, 0.1) is 0 Å². The first kappa shape index (κ1) is 17.0. The van der Waals surface area contributed by atoms with Crippen LogP contribution in [0.4, 0.5) is 17.1 Å². The van der Waals surface area contributed by atoms with Gasteiger partial charge >= 0.3 is 0 Å². The van der Waals surface area contributed by atoms with Crippen LogP contribution in [0.3, 0.4) is 0 Å². The molecule has 3 aromatic rings. The molecule has 0 saturated carbocycles. The number of amides is 1. The number of halogens is 1. The van der Waals surface area contributed by atoms with Crippen LogP contribution in [-0.2, 0) is 0 Å². The molecular formula is C19H16BrN3O2. The summed E-state index contributed by atoms with van der Waals surface area (Å²) in [5, 5.41) is 6.08. The molecule has 0 aliphatic heterocycles. The first-order chi connectivity index (χ1) is 12.2. The summed E-state index contributed by atoms with van der Waals surface area (Å²) in [5.74, 6) is 0.388. The molecule has 0 aliphatic rings. The maximum absolute atomic E-state index is 12.4. The zero-order chi connectivity index (χ0) is 17.6. The van der Waals surface area contributed by atoms with Crippen LogP contribution in [0.1, 0.15) is 10.5 Å². The number of para-hydroxylation sites is 1. The third kappa shape index (κ3) is 4.36. The standard InChI is InChI=1S/C19H16BrN3O2/c1-25-15-6-4-5-13(11-15)23-19(24)18-12-14(9-10-21-18)22-17-8-3-2-7-16(17)20/h2-12H,1H3,(H,21,22)(H,23,24). The number of pyridine rings is 1. The molecule has 2 N–H and O–H groups in total. The molecular weight excluding hydrogens is 382 g/mol. The third-order valence-electron chi connectivity index (χ3n) is 3.47. The molecule has 1 heterocycles. The first-order valence-corrected chi connectivity index (χ1v) is 8.38. The lowest BCUT2D eigenvalue weighted by Gasteiger charge is -2.10. The Balaban J connectivity index is 1.76. The van der Waals surface area contributed by atoms with Crippen LogP contribution in [0.25, 0.3) is 0 Å². The zero-order valence-electron chi connectivity index (χ0n) is 13.5. The summed E-state index contributed by atoms with van der Waals surface area (Å²) in [4.78, 5) is 16.6. The van der Waals surface area contributed by atoms with Crippen molar-refractivity contribution in [3.8, 4) is 5.75 Å². The molecule has 0 bridgehead atoms. The number of methoxy groups -OCH3 is 1. The minimum absolute atomic E-state index is 0.288. The van der Waals surface area contributed by atoms with Crippen LogP contribution in [0.15, 0.2) is 71.3 Å². The van der Waals surface area contributed by atoms with Crippen molar-refractivity contribution in [2.45, 2.75) is 0 Å². The van der Waals surface area contributed by atoms with Crippen molar-refractivity contribution in [1.29, 1.82) is 0 Å². The molecule has 2 aromatic carbocycles. The van der Waals surface area contributed by atoms with E-state index in [1.165, 1.54) is 0 Å². The SMILES string of the molecule is COc1cccc(NC(=O)c2cc(Nc3ccccc3Br)ccn2)c1. The molecule has 6 heteroatoms. The molecule has 0 spiro atoms. The van der Waals surface area contributed by atoms with Gasteiger partial charge in [-0.2, -0.15) is 0 Å². The van der Waals surface area contributed by atoms with Gasteiger partial charge < -0.3 is 15.4 Å². The topological polar surface area (TPSA) is 63.2 Å². The van der Waals surface area contributed by atoms with E-state index >= 15 is 0 Å². The fourth-order valence-corrected chi connectivity index (χ4v) is 2.63. The average Bonchev–Trinajstić information content (AvgIpc) is 2.64. The Morgan fingerprint density at radius 1 is 1.04 bits per heavy atom. The van der Waals surface area contributed by atoms with Gasteiger partial charge in [0.1, 0.15) is 11.4 Å². The van der Waals surface area contributed by atoms with Crippen molar-refractivity contribution in [2.75, 3.05) is 17.7 Å². The van der Waals surface area contributed by atoms with Crippen LogP contribution >= 0.6 is 15.9 Å². The number of carbonyl (C=O) groups is 1. The van der Waals surface area contributed by atoms with Gasteiger partial charge in [0.25, 0.3) is 5.91 Å². The molecule has 0 unspecified atom stereocenters. The smallest absolute Gasteiger partial charge is 0.274 e. The van der Waals surface area contributed by atoms with Gasteiger partial charge in [0.15, 0.2) is 0 Å². The number of benzene rings is 2. The Bertz CT molecular complexity index is 899. The van der Waals surface area contributed by atoms with Crippen LogP contribution in [0.5, 0.6) is 5.75 Å². The van der Waals surface area contributed by atoms with Crippen molar-refractivity contribution in [2.24, 2.45) is 0 Å². The van der Waals surface area contributed by atoms with Gasteiger partial charge in [-0.25, -0.2) is 0 Å². The third-order valence-corrected chi connectivity index (χ3v) is 4.16. The Labute approximate surface area is 154 Å². The van der Waals surface area contributed by atoms with Gasteiger partial charge in [0, 0.05) is 28.1 Å². The molecule has 0 aliphatic carbocycles. The maximum Gasteiger partial charge on any atom is 0.274 e. The largest absolute Gasteiger partial charge is 0.497 e. The van der Waals surface area contributed by atoms with Crippen LogP contribution in [-0.4, -0.2) is 18.0 Å². The highest BCUT2D eigenvalue weighted by Crippen LogP contribution is 2.25. The predicted octanol–water partition coefficient (Wildman–Crippen LogP) is 4.85. The second kappa shape index (κ2) is 7.81. The van der Waals surface area contributed by atoms with Crippen molar-refractivity contribution >= 4 is 38.9 Å². The number of rotatable bonds is 5. The van der Waals surface area contributed by atoms with Crippen molar-refractivity contribution in [3.63, 3.8) is 0 Å². The molecule has 0 radical (unpaired) electrons. The maximum atomic E-state index is 12.4. The number of ether oxygens (including phenoxy) is 1. The number of hydrogen-bond donors (Lipinski definition) is 2. The lowest BCUT2D eigenvalue weighted by Crippen LogP contribution is -2.13. The summed E-state index contributed by atoms with van der Waals surface area (Å²) >= 11 is 3.49. The van der Waals surface area contributed by atoms with E-state index in [1.807, 2.05) is 42.5 Å². The van der Waals surface area contributed by atoms with E-state index in [4.69, 9.17) is 4.74 Å². The lowest BCUT2D eigenvalue weighted by atomic mass is 10.2. The first-order valence-electron chi connectivity index (χ1n) is 7.59. The van der Waals surface area contributed by atoms with E-state index in [9.17, 15) is 4.79 Å². The monoisotopic (exact) mass is 397 g/mol. The number of hydrogen-bond acceptors (Lipinski definition) is 4. The molecule has 1 amide bonds. The number of nitrogens with one attached hydrogen (secondary N) is 2. The molecule has 0 atom stereocenters. The zero-order valence-corrected chi connectivity index (χ0v) is 15.1. The molecule has 5 nitrogen and oxygen atoms in total.